The monoisotopic (exact) mass is 271 g/mol. The van der Waals surface area contributed by atoms with Gasteiger partial charge in [-0.25, -0.2) is 18.6 Å². The minimum atomic E-state index is -3.15. The van der Waals surface area contributed by atoms with Crippen LogP contribution in [0.1, 0.15) is 12.5 Å². The van der Waals surface area contributed by atoms with Crippen LogP contribution < -0.4 is 10.9 Å². The number of hydrogen-bond donors (Lipinski definition) is 1. The summed E-state index contributed by atoms with van der Waals surface area (Å²) < 4.78 is 24.3. The predicted molar refractivity (Wildman–Crippen MR) is 74.8 cm³/mol. The fourth-order valence-corrected chi connectivity index (χ4v) is 2.60. The average molecular weight is 271 g/mol. The number of likely N-dealkylation sites (N-methyl/N-ethyl adjacent to an activating group) is 1. The van der Waals surface area contributed by atoms with Crippen LogP contribution in [-0.2, 0) is 10.0 Å². The Labute approximate surface area is 109 Å². The van der Waals surface area contributed by atoms with E-state index >= 15 is 0 Å². The zero-order valence-corrected chi connectivity index (χ0v) is 11.9. The molecule has 102 valence electrons. The van der Waals surface area contributed by atoms with Crippen molar-refractivity contribution in [3.05, 3.63) is 29.8 Å². The molecule has 0 fully saturated rings. The summed E-state index contributed by atoms with van der Waals surface area (Å²) in [5.74, 6) is 5.92. The molecule has 0 aromatic heterocycles. The van der Waals surface area contributed by atoms with E-state index in [1.807, 2.05) is 38.1 Å². The molecule has 0 heterocycles. The molecule has 1 rings (SSSR count). The van der Waals surface area contributed by atoms with Gasteiger partial charge in [0.15, 0.2) is 0 Å². The maximum absolute atomic E-state index is 11.4. The summed E-state index contributed by atoms with van der Waals surface area (Å²) >= 11 is 0. The van der Waals surface area contributed by atoms with E-state index in [-0.39, 0.29) is 0 Å². The van der Waals surface area contributed by atoms with Gasteiger partial charge in [0.05, 0.1) is 11.9 Å². The molecule has 6 heteroatoms. The van der Waals surface area contributed by atoms with E-state index in [2.05, 4.69) is 0 Å². The Morgan fingerprint density at radius 2 is 1.94 bits per heavy atom. The van der Waals surface area contributed by atoms with Crippen LogP contribution in [0.4, 0.5) is 5.69 Å². The highest BCUT2D eigenvalue weighted by atomic mass is 32.2. The molecule has 0 spiro atoms. The first-order valence-electron chi connectivity index (χ1n) is 5.88. The summed E-state index contributed by atoms with van der Waals surface area (Å²) in [7, 11) is -3.15. The Balaban J connectivity index is 2.63. The molecule has 0 atom stereocenters. The Hall–Kier alpha value is -1.11. The first-order chi connectivity index (χ1) is 8.34. The Morgan fingerprint density at radius 3 is 2.44 bits per heavy atom. The van der Waals surface area contributed by atoms with Gasteiger partial charge in [-0.3, -0.25) is 0 Å². The smallest absolute Gasteiger partial charge is 0.211 e. The van der Waals surface area contributed by atoms with Gasteiger partial charge in [-0.1, -0.05) is 19.1 Å². The molecule has 1 aromatic rings. The summed E-state index contributed by atoms with van der Waals surface area (Å²) in [5.41, 5.74) is 2.01. The molecular weight excluding hydrogens is 250 g/mol. The van der Waals surface area contributed by atoms with Gasteiger partial charge in [0, 0.05) is 19.6 Å². The molecule has 0 saturated carbocycles. The Morgan fingerprint density at radius 1 is 1.28 bits per heavy atom. The first kappa shape index (κ1) is 14.9. The summed E-state index contributed by atoms with van der Waals surface area (Å²) in [6.45, 7) is 5.12. The molecule has 0 bridgehead atoms. The molecule has 1 aromatic carbocycles. The normalized spacial score (nSPS) is 11.8. The van der Waals surface area contributed by atoms with Crippen LogP contribution in [0.25, 0.3) is 0 Å². The van der Waals surface area contributed by atoms with Crippen LogP contribution in [0.3, 0.4) is 0 Å². The van der Waals surface area contributed by atoms with Gasteiger partial charge in [0.2, 0.25) is 10.0 Å². The van der Waals surface area contributed by atoms with E-state index in [1.54, 1.807) is 5.01 Å². The highest BCUT2D eigenvalue weighted by molar-refractivity contribution is 7.88. The van der Waals surface area contributed by atoms with Gasteiger partial charge in [0.1, 0.15) is 0 Å². The van der Waals surface area contributed by atoms with E-state index in [0.29, 0.717) is 19.6 Å². The minimum absolute atomic E-state index is 0.389. The second kappa shape index (κ2) is 6.17. The standard InChI is InChI=1S/C12H21N3O2S/c1-4-14(18(3,16)17)8-9-15(13)12-7-5-6-11(2)10-12/h5-7,10H,4,8-9,13H2,1-3H3. The van der Waals surface area contributed by atoms with Gasteiger partial charge in [0.25, 0.3) is 0 Å². The van der Waals surface area contributed by atoms with Crippen molar-refractivity contribution in [3.8, 4) is 0 Å². The molecule has 0 amide bonds. The average Bonchev–Trinajstić information content (AvgIpc) is 2.27. The van der Waals surface area contributed by atoms with Crippen molar-refractivity contribution in [3.63, 3.8) is 0 Å². The van der Waals surface area contributed by atoms with Crippen molar-refractivity contribution in [2.75, 3.05) is 30.9 Å². The number of benzene rings is 1. The molecule has 0 aliphatic carbocycles. The second-order valence-corrected chi connectivity index (χ2v) is 6.27. The summed E-state index contributed by atoms with van der Waals surface area (Å²) in [6.07, 6.45) is 1.21. The van der Waals surface area contributed by atoms with Crippen LogP contribution in [0.5, 0.6) is 0 Å². The van der Waals surface area contributed by atoms with Crippen molar-refractivity contribution in [2.24, 2.45) is 5.84 Å². The summed E-state index contributed by atoms with van der Waals surface area (Å²) in [6, 6.07) is 7.80. The van der Waals surface area contributed by atoms with Crippen molar-refractivity contribution >= 4 is 15.7 Å². The van der Waals surface area contributed by atoms with Crippen molar-refractivity contribution < 1.29 is 8.42 Å². The quantitative estimate of drug-likeness (QED) is 0.618. The number of nitrogens with two attached hydrogens (primary N) is 1. The number of aryl methyl sites for hydroxylation is 1. The molecule has 0 unspecified atom stereocenters. The zero-order chi connectivity index (χ0) is 13.8. The number of rotatable bonds is 6. The lowest BCUT2D eigenvalue weighted by Gasteiger charge is -2.23. The van der Waals surface area contributed by atoms with Crippen LogP contribution in [0, 0.1) is 6.92 Å². The van der Waals surface area contributed by atoms with Crippen molar-refractivity contribution in [1.82, 2.24) is 4.31 Å². The lowest BCUT2D eigenvalue weighted by molar-refractivity contribution is 0.435. The van der Waals surface area contributed by atoms with E-state index in [1.165, 1.54) is 10.6 Å². The largest absolute Gasteiger partial charge is 0.310 e. The molecule has 5 nitrogen and oxygen atoms in total. The third-order valence-electron chi connectivity index (χ3n) is 2.75. The number of hydrazine groups is 1. The lowest BCUT2D eigenvalue weighted by Crippen LogP contribution is -2.41. The lowest BCUT2D eigenvalue weighted by atomic mass is 10.2. The number of hydrogen-bond acceptors (Lipinski definition) is 4. The van der Waals surface area contributed by atoms with Crippen LogP contribution in [0.2, 0.25) is 0 Å². The molecule has 0 saturated heterocycles. The van der Waals surface area contributed by atoms with Crippen LogP contribution >= 0.6 is 0 Å². The minimum Gasteiger partial charge on any atom is -0.310 e. The second-order valence-electron chi connectivity index (χ2n) is 4.29. The maximum atomic E-state index is 11.4. The van der Waals surface area contributed by atoms with Gasteiger partial charge in [-0.15, -0.1) is 0 Å². The molecule has 0 aliphatic heterocycles. The number of anilines is 1. The van der Waals surface area contributed by atoms with Gasteiger partial charge in [-0.05, 0) is 24.6 Å². The fourth-order valence-electron chi connectivity index (χ4n) is 1.71. The summed E-state index contributed by atoms with van der Waals surface area (Å²) in [5, 5.41) is 1.57. The van der Waals surface area contributed by atoms with Gasteiger partial charge < -0.3 is 5.01 Å². The van der Waals surface area contributed by atoms with Crippen molar-refractivity contribution in [2.45, 2.75) is 13.8 Å². The third-order valence-corrected chi connectivity index (χ3v) is 4.12. The highest BCUT2D eigenvalue weighted by Crippen LogP contribution is 2.12. The van der Waals surface area contributed by atoms with E-state index in [4.69, 9.17) is 5.84 Å². The number of nitrogens with zero attached hydrogens (tertiary/aromatic N) is 2. The molecular formula is C12H21N3O2S. The number of sulfonamides is 1. The van der Waals surface area contributed by atoms with Crippen LogP contribution in [0.15, 0.2) is 24.3 Å². The maximum Gasteiger partial charge on any atom is 0.211 e. The fraction of sp³-hybridized carbons (Fsp3) is 0.500. The SMILES string of the molecule is CCN(CCN(N)c1cccc(C)c1)S(C)(=O)=O. The summed E-state index contributed by atoms with van der Waals surface area (Å²) in [4.78, 5) is 0. The van der Waals surface area contributed by atoms with Crippen LogP contribution in [-0.4, -0.2) is 38.6 Å². The molecule has 18 heavy (non-hydrogen) atoms. The van der Waals surface area contributed by atoms with E-state index in [0.717, 1.165) is 11.3 Å². The van der Waals surface area contributed by atoms with Crippen molar-refractivity contribution in [1.29, 1.82) is 0 Å². The van der Waals surface area contributed by atoms with Gasteiger partial charge in [-0.2, -0.15) is 0 Å². The molecule has 0 aliphatic rings. The molecule has 0 radical (unpaired) electrons. The molecule has 2 N–H and O–H groups in total. The van der Waals surface area contributed by atoms with E-state index < -0.39 is 10.0 Å². The van der Waals surface area contributed by atoms with Gasteiger partial charge >= 0.3 is 0 Å². The Bertz CT molecular complexity index is 488. The predicted octanol–water partition coefficient (Wildman–Crippen LogP) is 0.957. The third kappa shape index (κ3) is 4.29. The zero-order valence-electron chi connectivity index (χ0n) is 11.1. The topological polar surface area (TPSA) is 66.6 Å². The highest BCUT2D eigenvalue weighted by Gasteiger charge is 2.14. The Kier molecular flexibility index (Phi) is 5.13. The van der Waals surface area contributed by atoms with E-state index in [9.17, 15) is 8.42 Å². The first-order valence-corrected chi connectivity index (χ1v) is 7.73.